The van der Waals surface area contributed by atoms with E-state index in [1.54, 1.807) is 12.1 Å². The lowest BCUT2D eigenvalue weighted by molar-refractivity contribution is -0.128. The highest BCUT2D eigenvalue weighted by Crippen LogP contribution is 2.48. The fourth-order valence-electron chi connectivity index (χ4n) is 2.80. The second-order valence-corrected chi connectivity index (χ2v) is 6.67. The average Bonchev–Trinajstić information content (AvgIpc) is 3.33. The number of carbonyl (C=O) groups is 2. The van der Waals surface area contributed by atoms with Crippen molar-refractivity contribution < 1.29 is 9.59 Å². The maximum atomic E-state index is 12.4. The van der Waals surface area contributed by atoms with Crippen molar-refractivity contribution in [1.82, 2.24) is 5.32 Å². The quantitative estimate of drug-likeness (QED) is 0.846. The highest BCUT2D eigenvalue weighted by molar-refractivity contribution is 9.10. The Kier molecular flexibility index (Phi) is 4.48. The van der Waals surface area contributed by atoms with Crippen LogP contribution in [0.4, 0.5) is 0 Å². The molecule has 1 aliphatic carbocycles. The Morgan fingerprint density at radius 2 is 1.87 bits per heavy atom. The molecule has 2 aromatic rings. The second-order valence-electron chi connectivity index (χ2n) is 5.76. The van der Waals surface area contributed by atoms with Gasteiger partial charge >= 0.3 is 0 Å². The summed E-state index contributed by atoms with van der Waals surface area (Å²) in [6, 6.07) is 16.2. The molecule has 2 amide bonds. The molecule has 0 bridgehead atoms. The molecule has 2 aromatic carbocycles. The topological polar surface area (TPSA) is 72.2 Å². The van der Waals surface area contributed by atoms with Crippen molar-refractivity contribution in [2.75, 3.05) is 0 Å². The number of amides is 2. The SMILES string of the molecule is NC(=O)[C@H](NC(=O)[C@H]1C[C@@H]1c1cccc(Br)c1)c1ccccc1. The Balaban J connectivity index is 1.68. The van der Waals surface area contributed by atoms with Crippen LogP contribution in [-0.4, -0.2) is 11.8 Å². The highest BCUT2D eigenvalue weighted by Gasteiger charge is 2.44. The van der Waals surface area contributed by atoms with Crippen molar-refractivity contribution in [2.24, 2.45) is 11.7 Å². The van der Waals surface area contributed by atoms with Gasteiger partial charge in [0.25, 0.3) is 0 Å². The summed E-state index contributed by atoms with van der Waals surface area (Å²) in [5, 5.41) is 2.78. The molecule has 0 aromatic heterocycles. The van der Waals surface area contributed by atoms with Gasteiger partial charge in [0, 0.05) is 10.4 Å². The maximum Gasteiger partial charge on any atom is 0.244 e. The molecule has 118 valence electrons. The first kappa shape index (κ1) is 15.7. The van der Waals surface area contributed by atoms with E-state index in [0.29, 0.717) is 5.56 Å². The molecule has 4 nitrogen and oxygen atoms in total. The van der Waals surface area contributed by atoms with Gasteiger partial charge in [-0.1, -0.05) is 58.4 Å². The number of hydrogen-bond donors (Lipinski definition) is 2. The van der Waals surface area contributed by atoms with Crippen LogP contribution in [0.1, 0.15) is 29.5 Å². The summed E-state index contributed by atoms with van der Waals surface area (Å²) in [5.74, 6) is -0.571. The molecule has 0 saturated heterocycles. The largest absolute Gasteiger partial charge is 0.368 e. The van der Waals surface area contributed by atoms with E-state index in [9.17, 15) is 9.59 Å². The molecular weight excluding hydrogens is 356 g/mol. The van der Waals surface area contributed by atoms with Crippen molar-refractivity contribution in [2.45, 2.75) is 18.4 Å². The number of hydrogen-bond acceptors (Lipinski definition) is 2. The first-order valence-corrected chi connectivity index (χ1v) is 8.25. The normalized spacial score (nSPS) is 20.6. The van der Waals surface area contributed by atoms with Gasteiger partial charge in [-0.3, -0.25) is 9.59 Å². The van der Waals surface area contributed by atoms with Crippen LogP contribution < -0.4 is 11.1 Å². The average molecular weight is 373 g/mol. The Morgan fingerprint density at radius 3 is 2.52 bits per heavy atom. The van der Waals surface area contributed by atoms with E-state index in [1.807, 2.05) is 42.5 Å². The first-order chi connectivity index (χ1) is 11.1. The van der Waals surface area contributed by atoms with E-state index in [4.69, 9.17) is 5.73 Å². The Labute approximate surface area is 143 Å². The second kappa shape index (κ2) is 6.54. The van der Waals surface area contributed by atoms with E-state index in [-0.39, 0.29) is 17.7 Å². The summed E-state index contributed by atoms with van der Waals surface area (Å²) in [5.41, 5.74) is 7.28. The number of halogens is 1. The fraction of sp³-hybridized carbons (Fsp3) is 0.222. The summed E-state index contributed by atoms with van der Waals surface area (Å²) in [6.45, 7) is 0. The zero-order chi connectivity index (χ0) is 16.4. The Morgan fingerprint density at radius 1 is 1.13 bits per heavy atom. The third-order valence-corrected chi connectivity index (χ3v) is 4.60. The first-order valence-electron chi connectivity index (χ1n) is 7.46. The predicted octanol–water partition coefficient (Wildman–Crippen LogP) is 2.90. The number of benzene rings is 2. The van der Waals surface area contributed by atoms with Crippen LogP contribution in [-0.2, 0) is 9.59 Å². The summed E-state index contributed by atoms with van der Waals surface area (Å²) in [7, 11) is 0. The molecule has 0 spiro atoms. The third kappa shape index (κ3) is 3.62. The molecule has 3 rings (SSSR count). The van der Waals surface area contributed by atoms with Crippen LogP contribution in [0.5, 0.6) is 0 Å². The van der Waals surface area contributed by atoms with Gasteiger partial charge < -0.3 is 11.1 Å². The van der Waals surface area contributed by atoms with Crippen LogP contribution >= 0.6 is 15.9 Å². The van der Waals surface area contributed by atoms with E-state index < -0.39 is 11.9 Å². The standard InChI is InChI=1S/C18H17BrN2O2/c19-13-8-4-7-12(9-13)14-10-15(14)18(23)21-16(17(20)22)11-5-2-1-3-6-11/h1-9,14-16H,10H2,(H2,20,22)(H,21,23)/t14-,15+,16-/m1/s1. The fourth-order valence-corrected chi connectivity index (χ4v) is 3.22. The lowest BCUT2D eigenvalue weighted by Crippen LogP contribution is -2.38. The van der Waals surface area contributed by atoms with Gasteiger partial charge in [-0.05, 0) is 35.6 Å². The van der Waals surface area contributed by atoms with Gasteiger partial charge in [0.05, 0.1) is 0 Å². The van der Waals surface area contributed by atoms with Crippen molar-refractivity contribution in [3.63, 3.8) is 0 Å². The molecule has 3 atom stereocenters. The lowest BCUT2D eigenvalue weighted by atomic mass is 10.1. The summed E-state index contributed by atoms with van der Waals surface area (Å²) >= 11 is 3.44. The van der Waals surface area contributed by atoms with E-state index in [1.165, 1.54) is 0 Å². The van der Waals surface area contributed by atoms with Crippen molar-refractivity contribution >= 4 is 27.7 Å². The van der Waals surface area contributed by atoms with Crippen LogP contribution in [0.3, 0.4) is 0 Å². The van der Waals surface area contributed by atoms with Crippen molar-refractivity contribution in [3.05, 3.63) is 70.2 Å². The molecule has 0 radical (unpaired) electrons. The van der Waals surface area contributed by atoms with Crippen LogP contribution in [0.25, 0.3) is 0 Å². The highest BCUT2D eigenvalue weighted by atomic mass is 79.9. The summed E-state index contributed by atoms with van der Waals surface area (Å²) in [6.07, 6.45) is 0.794. The smallest absolute Gasteiger partial charge is 0.244 e. The van der Waals surface area contributed by atoms with Gasteiger partial charge in [-0.25, -0.2) is 0 Å². The van der Waals surface area contributed by atoms with Crippen LogP contribution in [0.2, 0.25) is 0 Å². The van der Waals surface area contributed by atoms with Gasteiger partial charge in [-0.15, -0.1) is 0 Å². The van der Waals surface area contributed by atoms with Crippen LogP contribution in [0.15, 0.2) is 59.1 Å². The maximum absolute atomic E-state index is 12.4. The number of primary amides is 1. The zero-order valence-electron chi connectivity index (χ0n) is 12.4. The van der Waals surface area contributed by atoms with E-state index in [0.717, 1.165) is 16.5 Å². The minimum absolute atomic E-state index is 0.102. The van der Waals surface area contributed by atoms with Gasteiger partial charge in [-0.2, -0.15) is 0 Å². The minimum Gasteiger partial charge on any atom is -0.368 e. The third-order valence-electron chi connectivity index (χ3n) is 4.11. The molecular formula is C18H17BrN2O2. The number of nitrogens with one attached hydrogen (secondary N) is 1. The molecule has 0 heterocycles. The monoisotopic (exact) mass is 372 g/mol. The minimum atomic E-state index is -0.785. The predicted molar refractivity (Wildman–Crippen MR) is 91.5 cm³/mol. The number of nitrogens with two attached hydrogens (primary N) is 1. The van der Waals surface area contributed by atoms with Crippen molar-refractivity contribution in [1.29, 1.82) is 0 Å². The van der Waals surface area contributed by atoms with E-state index in [2.05, 4.69) is 21.2 Å². The van der Waals surface area contributed by atoms with Crippen molar-refractivity contribution in [3.8, 4) is 0 Å². The molecule has 0 aliphatic heterocycles. The van der Waals surface area contributed by atoms with Gasteiger partial charge in [0.2, 0.25) is 11.8 Å². The number of rotatable bonds is 5. The molecule has 1 saturated carbocycles. The Hall–Kier alpha value is -2.14. The molecule has 1 aliphatic rings. The van der Waals surface area contributed by atoms with Gasteiger partial charge in [0.15, 0.2) is 0 Å². The zero-order valence-corrected chi connectivity index (χ0v) is 14.0. The molecule has 0 unspecified atom stereocenters. The number of carbonyl (C=O) groups excluding carboxylic acids is 2. The molecule has 5 heteroatoms. The lowest BCUT2D eigenvalue weighted by Gasteiger charge is -2.16. The summed E-state index contributed by atoms with van der Waals surface area (Å²) < 4.78 is 1.00. The molecule has 3 N–H and O–H groups in total. The molecule has 1 fully saturated rings. The Bertz CT molecular complexity index is 733. The molecule has 23 heavy (non-hydrogen) atoms. The summed E-state index contributed by atoms with van der Waals surface area (Å²) in [4.78, 5) is 24.1. The van der Waals surface area contributed by atoms with Gasteiger partial charge in [0.1, 0.15) is 6.04 Å². The van der Waals surface area contributed by atoms with E-state index >= 15 is 0 Å². The van der Waals surface area contributed by atoms with Crippen LogP contribution in [0, 0.1) is 5.92 Å².